The van der Waals surface area contributed by atoms with E-state index in [2.05, 4.69) is 0 Å². The first kappa shape index (κ1) is 21.0. The number of carbonyl (C=O) groups is 2. The number of likely N-dealkylation sites (tertiary alicyclic amines) is 1. The SMILES string of the molecule is COc1ccc(N2C[C@@H](C(=O)N3CCC[C@@H]3c3cc(OC)ccc3OC)CC2=O)cc1. The highest BCUT2D eigenvalue weighted by Gasteiger charge is 2.41. The predicted octanol–water partition coefficient (Wildman–Crippen LogP) is 3.43. The predicted molar refractivity (Wildman–Crippen MR) is 117 cm³/mol. The van der Waals surface area contributed by atoms with Crippen LogP contribution < -0.4 is 19.1 Å². The number of carbonyl (C=O) groups excluding carboxylic acids is 2. The third-order valence-corrected chi connectivity index (χ3v) is 6.19. The molecule has 0 radical (unpaired) electrons. The van der Waals surface area contributed by atoms with Crippen LogP contribution in [0.5, 0.6) is 17.2 Å². The Balaban J connectivity index is 1.53. The summed E-state index contributed by atoms with van der Waals surface area (Å²) in [5, 5.41) is 0. The molecule has 0 bridgehead atoms. The highest BCUT2D eigenvalue weighted by molar-refractivity contribution is 6.00. The number of methoxy groups -OCH3 is 3. The second-order valence-corrected chi connectivity index (χ2v) is 7.90. The fraction of sp³-hybridized carbons (Fsp3) is 0.417. The highest BCUT2D eigenvalue weighted by atomic mass is 16.5. The molecule has 2 amide bonds. The second-order valence-electron chi connectivity index (χ2n) is 7.90. The third-order valence-electron chi connectivity index (χ3n) is 6.19. The lowest BCUT2D eigenvalue weighted by molar-refractivity contribution is -0.136. The van der Waals surface area contributed by atoms with Crippen molar-refractivity contribution < 1.29 is 23.8 Å². The van der Waals surface area contributed by atoms with E-state index in [1.54, 1.807) is 26.2 Å². The standard InChI is InChI=1S/C24H28N2O5/c1-29-18-8-6-17(7-9-18)26-15-16(13-23(26)27)24(28)25-12-4-5-21(25)20-14-19(30-2)10-11-22(20)31-3/h6-11,14,16,21H,4-5,12-13,15H2,1-3H3/t16-,21+/m0/s1. The van der Waals surface area contributed by atoms with Gasteiger partial charge in [-0.05, 0) is 55.3 Å². The Kier molecular flexibility index (Phi) is 6.02. The molecule has 7 nitrogen and oxygen atoms in total. The number of hydrogen-bond donors (Lipinski definition) is 0. The van der Waals surface area contributed by atoms with Crippen LogP contribution in [-0.2, 0) is 9.59 Å². The molecule has 31 heavy (non-hydrogen) atoms. The van der Waals surface area contributed by atoms with Crippen molar-refractivity contribution >= 4 is 17.5 Å². The summed E-state index contributed by atoms with van der Waals surface area (Å²) in [5.41, 5.74) is 1.73. The molecule has 2 fully saturated rings. The normalized spacial score (nSPS) is 20.8. The Labute approximate surface area is 182 Å². The molecule has 0 saturated carbocycles. The number of benzene rings is 2. The van der Waals surface area contributed by atoms with Crippen LogP contribution in [0.4, 0.5) is 5.69 Å². The van der Waals surface area contributed by atoms with Crippen LogP contribution in [0.3, 0.4) is 0 Å². The molecule has 164 valence electrons. The van der Waals surface area contributed by atoms with Gasteiger partial charge in [0.25, 0.3) is 0 Å². The molecule has 2 aliphatic rings. The molecule has 0 aromatic heterocycles. The van der Waals surface area contributed by atoms with E-state index in [9.17, 15) is 9.59 Å². The Morgan fingerprint density at radius 1 is 0.968 bits per heavy atom. The lowest BCUT2D eigenvalue weighted by atomic mass is 10.0. The maximum Gasteiger partial charge on any atom is 0.228 e. The first-order valence-electron chi connectivity index (χ1n) is 10.5. The van der Waals surface area contributed by atoms with Crippen molar-refractivity contribution in [3.05, 3.63) is 48.0 Å². The van der Waals surface area contributed by atoms with Crippen LogP contribution in [0.25, 0.3) is 0 Å². The summed E-state index contributed by atoms with van der Waals surface area (Å²) >= 11 is 0. The molecule has 2 atom stereocenters. The van der Waals surface area contributed by atoms with E-state index in [0.717, 1.165) is 41.3 Å². The fourth-order valence-electron chi connectivity index (χ4n) is 4.57. The largest absolute Gasteiger partial charge is 0.497 e. The van der Waals surface area contributed by atoms with E-state index in [1.165, 1.54) is 0 Å². The molecule has 2 aromatic rings. The number of nitrogens with zero attached hydrogens (tertiary/aromatic N) is 2. The monoisotopic (exact) mass is 424 g/mol. The molecule has 0 N–H and O–H groups in total. The van der Waals surface area contributed by atoms with Gasteiger partial charge in [-0.2, -0.15) is 0 Å². The van der Waals surface area contributed by atoms with E-state index < -0.39 is 0 Å². The number of hydrogen-bond acceptors (Lipinski definition) is 5. The molecule has 4 rings (SSSR count). The average molecular weight is 424 g/mol. The molecule has 2 heterocycles. The fourth-order valence-corrected chi connectivity index (χ4v) is 4.57. The lowest BCUT2D eigenvalue weighted by Crippen LogP contribution is -2.37. The van der Waals surface area contributed by atoms with E-state index in [-0.39, 0.29) is 30.2 Å². The van der Waals surface area contributed by atoms with Crippen LogP contribution >= 0.6 is 0 Å². The van der Waals surface area contributed by atoms with Gasteiger partial charge in [0, 0.05) is 30.8 Å². The van der Waals surface area contributed by atoms with Crippen molar-refractivity contribution in [1.29, 1.82) is 0 Å². The van der Waals surface area contributed by atoms with Crippen LogP contribution in [0.2, 0.25) is 0 Å². The van der Waals surface area contributed by atoms with Crippen molar-refractivity contribution in [2.24, 2.45) is 5.92 Å². The second kappa shape index (κ2) is 8.88. The summed E-state index contributed by atoms with van der Waals surface area (Å²) in [6.07, 6.45) is 2.00. The third kappa shape index (κ3) is 4.04. The maximum absolute atomic E-state index is 13.5. The van der Waals surface area contributed by atoms with Crippen molar-refractivity contribution in [2.45, 2.75) is 25.3 Å². The summed E-state index contributed by atoms with van der Waals surface area (Å²) < 4.78 is 16.1. The Morgan fingerprint density at radius 2 is 1.68 bits per heavy atom. The Bertz CT molecular complexity index is 959. The van der Waals surface area contributed by atoms with Crippen LogP contribution in [0.1, 0.15) is 30.9 Å². The van der Waals surface area contributed by atoms with Gasteiger partial charge in [-0.3, -0.25) is 9.59 Å². The topological polar surface area (TPSA) is 68.3 Å². The van der Waals surface area contributed by atoms with E-state index in [1.807, 2.05) is 47.4 Å². The molecule has 2 saturated heterocycles. The molecule has 0 unspecified atom stereocenters. The number of rotatable bonds is 6. The lowest BCUT2D eigenvalue weighted by Gasteiger charge is -2.29. The summed E-state index contributed by atoms with van der Waals surface area (Å²) in [6.45, 7) is 1.07. The molecule has 7 heteroatoms. The van der Waals surface area contributed by atoms with E-state index in [0.29, 0.717) is 13.1 Å². The van der Waals surface area contributed by atoms with Crippen molar-refractivity contribution in [3.63, 3.8) is 0 Å². The first-order valence-corrected chi connectivity index (χ1v) is 10.5. The number of anilines is 1. The molecule has 0 spiro atoms. The van der Waals surface area contributed by atoms with Gasteiger partial charge >= 0.3 is 0 Å². The van der Waals surface area contributed by atoms with Crippen LogP contribution in [-0.4, -0.2) is 51.1 Å². The van der Waals surface area contributed by atoms with Gasteiger partial charge in [0.15, 0.2) is 0 Å². The molecule has 2 aromatic carbocycles. The minimum absolute atomic E-state index is 0.0248. The molecule has 0 aliphatic carbocycles. The Morgan fingerprint density at radius 3 is 2.35 bits per heavy atom. The summed E-state index contributed by atoms with van der Waals surface area (Å²) in [7, 11) is 4.87. The first-order chi connectivity index (χ1) is 15.0. The van der Waals surface area contributed by atoms with Gasteiger partial charge in [0.05, 0.1) is 33.3 Å². The molecular weight excluding hydrogens is 396 g/mol. The highest BCUT2D eigenvalue weighted by Crippen LogP contribution is 2.40. The molecular formula is C24H28N2O5. The minimum Gasteiger partial charge on any atom is -0.497 e. The number of ether oxygens (including phenoxy) is 3. The van der Waals surface area contributed by atoms with Gasteiger partial charge in [-0.15, -0.1) is 0 Å². The zero-order chi connectivity index (χ0) is 22.0. The molecule has 2 aliphatic heterocycles. The Hall–Kier alpha value is -3.22. The van der Waals surface area contributed by atoms with Crippen LogP contribution in [0, 0.1) is 5.92 Å². The van der Waals surface area contributed by atoms with Crippen LogP contribution in [0.15, 0.2) is 42.5 Å². The number of amides is 2. The van der Waals surface area contributed by atoms with Crippen molar-refractivity contribution in [2.75, 3.05) is 39.3 Å². The maximum atomic E-state index is 13.5. The quantitative estimate of drug-likeness (QED) is 0.711. The van der Waals surface area contributed by atoms with Crippen molar-refractivity contribution in [3.8, 4) is 17.2 Å². The van der Waals surface area contributed by atoms with Gasteiger partial charge in [-0.25, -0.2) is 0 Å². The zero-order valence-electron chi connectivity index (χ0n) is 18.2. The summed E-state index contributed by atoms with van der Waals surface area (Å²) in [6, 6.07) is 12.9. The van der Waals surface area contributed by atoms with E-state index in [4.69, 9.17) is 14.2 Å². The average Bonchev–Trinajstić information content (AvgIpc) is 3.45. The summed E-state index contributed by atoms with van der Waals surface area (Å²) in [4.78, 5) is 29.7. The van der Waals surface area contributed by atoms with Gasteiger partial charge in [-0.1, -0.05) is 0 Å². The van der Waals surface area contributed by atoms with Crippen molar-refractivity contribution in [1.82, 2.24) is 4.90 Å². The minimum atomic E-state index is -0.355. The zero-order valence-corrected chi connectivity index (χ0v) is 18.2. The smallest absolute Gasteiger partial charge is 0.228 e. The van der Waals surface area contributed by atoms with Gasteiger partial charge < -0.3 is 24.0 Å². The van der Waals surface area contributed by atoms with E-state index >= 15 is 0 Å². The van der Waals surface area contributed by atoms with Gasteiger partial charge in [0.1, 0.15) is 17.2 Å². The van der Waals surface area contributed by atoms with Gasteiger partial charge in [0.2, 0.25) is 11.8 Å². The summed E-state index contributed by atoms with van der Waals surface area (Å²) in [5.74, 6) is 1.85.